The Morgan fingerprint density at radius 2 is 1.68 bits per heavy atom. The van der Waals surface area contributed by atoms with E-state index in [2.05, 4.69) is 19.2 Å². The molecule has 2 aliphatic rings. The number of nitrogens with zero attached hydrogens (tertiary/aromatic N) is 2. The van der Waals surface area contributed by atoms with Crippen molar-refractivity contribution in [3.8, 4) is 0 Å². The highest BCUT2D eigenvalue weighted by molar-refractivity contribution is 5.78. The molecule has 0 spiro atoms. The van der Waals surface area contributed by atoms with Crippen molar-refractivity contribution in [2.75, 3.05) is 13.1 Å². The Morgan fingerprint density at radius 1 is 1.00 bits per heavy atom. The van der Waals surface area contributed by atoms with Crippen LogP contribution in [0.5, 0.6) is 0 Å². The fourth-order valence-corrected chi connectivity index (χ4v) is 4.24. The summed E-state index contributed by atoms with van der Waals surface area (Å²) in [4.78, 5) is 39.4. The van der Waals surface area contributed by atoms with E-state index in [-0.39, 0.29) is 29.9 Å². The van der Waals surface area contributed by atoms with Crippen LogP contribution < -0.4 is 5.32 Å². The number of hydrogen-bond acceptors (Lipinski definition) is 3. The zero-order chi connectivity index (χ0) is 18.2. The van der Waals surface area contributed by atoms with Gasteiger partial charge in [0, 0.05) is 44.1 Å². The van der Waals surface area contributed by atoms with Crippen LogP contribution in [0.15, 0.2) is 0 Å². The zero-order valence-electron chi connectivity index (χ0n) is 15.7. The molecular formula is C19H33N3O3. The lowest BCUT2D eigenvalue weighted by molar-refractivity contribution is -0.133. The summed E-state index contributed by atoms with van der Waals surface area (Å²) < 4.78 is 0. The highest BCUT2D eigenvalue weighted by Crippen LogP contribution is 2.22. The van der Waals surface area contributed by atoms with Gasteiger partial charge in [0.2, 0.25) is 18.2 Å². The van der Waals surface area contributed by atoms with Crippen molar-refractivity contribution in [3.63, 3.8) is 0 Å². The predicted molar refractivity (Wildman–Crippen MR) is 96.9 cm³/mol. The summed E-state index contributed by atoms with van der Waals surface area (Å²) in [7, 11) is 0. The van der Waals surface area contributed by atoms with Gasteiger partial charge in [-0.1, -0.05) is 13.3 Å². The first kappa shape index (κ1) is 19.7. The maximum absolute atomic E-state index is 12.4. The molecule has 0 bridgehead atoms. The second kappa shape index (κ2) is 9.78. The number of carbonyl (C=O) groups is 3. The van der Waals surface area contributed by atoms with Gasteiger partial charge in [-0.25, -0.2) is 0 Å². The maximum Gasteiger partial charge on any atom is 0.222 e. The molecular weight excluding hydrogens is 318 g/mol. The Balaban J connectivity index is 1.98. The standard InChI is InChI=1S/C19H33N3O3/c1-3-17(22-10-6-4-5-8-19(22)25)13-16(20-14-23)12-15(2)21-11-7-9-18(21)24/h14-17H,3-13H2,1-2H3,(H,20,23). The molecule has 0 saturated carbocycles. The minimum absolute atomic E-state index is 0.0121. The summed E-state index contributed by atoms with van der Waals surface area (Å²) in [5.41, 5.74) is 0. The average molecular weight is 351 g/mol. The summed E-state index contributed by atoms with van der Waals surface area (Å²) in [6, 6.07) is 0.260. The van der Waals surface area contributed by atoms with Gasteiger partial charge in [-0.3, -0.25) is 14.4 Å². The molecule has 6 heteroatoms. The number of amides is 3. The monoisotopic (exact) mass is 351 g/mol. The molecule has 3 atom stereocenters. The molecule has 0 aliphatic carbocycles. The molecule has 0 aromatic heterocycles. The number of carbonyl (C=O) groups excluding carboxylic acids is 3. The SMILES string of the molecule is CCC(CC(CC(C)N1CCCC1=O)NC=O)N1CCCCCC1=O. The van der Waals surface area contributed by atoms with E-state index in [1.54, 1.807) is 0 Å². The Morgan fingerprint density at radius 3 is 2.32 bits per heavy atom. The van der Waals surface area contributed by atoms with Crippen LogP contribution in [0.1, 0.15) is 71.6 Å². The van der Waals surface area contributed by atoms with Crippen LogP contribution in [0.2, 0.25) is 0 Å². The zero-order valence-corrected chi connectivity index (χ0v) is 15.7. The fourth-order valence-electron chi connectivity index (χ4n) is 4.24. The topological polar surface area (TPSA) is 69.7 Å². The van der Waals surface area contributed by atoms with Crippen LogP contribution in [0, 0.1) is 0 Å². The van der Waals surface area contributed by atoms with E-state index in [0.717, 1.165) is 64.4 Å². The summed E-state index contributed by atoms with van der Waals surface area (Å²) in [6.45, 7) is 5.80. The molecule has 2 aliphatic heterocycles. The normalized spacial score (nSPS) is 22.5. The number of hydrogen-bond donors (Lipinski definition) is 1. The molecule has 0 aromatic rings. The Bertz CT molecular complexity index is 469. The van der Waals surface area contributed by atoms with Gasteiger partial charge in [-0.15, -0.1) is 0 Å². The third-order valence-corrected chi connectivity index (χ3v) is 5.65. The van der Waals surface area contributed by atoms with Gasteiger partial charge in [-0.2, -0.15) is 0 Å². The van der Waals surface area contributed by atoms with Crippen molar-refractivity contribution in [2.45, 2.75) is 89.8 Å². The third-order valence-electron chi connectivity index (χ3n) is 5.65. The molecule has 2 rings (SSSR count). The van der Waals surface area contributed by atoms with Gasteiger partial charge in [0.25, 0.3) is 0 Å². The summed E-state index contributed by atoms with van der Waals surface area (Å²) in [6.07, 6.45) is 8.49. The summed E-state index contributed by atoms with van der Waals surface area (Å²) >= 11 is 0. The summed E-state index contributed by atoms with van der Waals surface area (Å²) in [5.74, 6) is 0.462. The smallest absolute Gasteiger partial charge is 0.222 e. The lowest BCUT2D eigenvalue weighted by Crippen LogP contribution is -2.46. The number of rotatable bonds is 9. The van der Waals surface area contributed by atoms with Crippen molar-refractivity contribution in [3.05, 3.63) is 0 Å². The Hall–Kier alpha value is -1.59. The van der Waals surface area contributed by atoms with E-state index in [9.17, 15) is 14.4 Å². The van der Waals surface area contributed by atoms with Crippen LogP contribution in [-0.2, 0) is 14.4 Å². The van der Waals surface area contributed by atoms with Crippen molar-refractivity contribution in [1.29, 1.82) is 0 Å². The maximum atomic E-state index is 12.4. The van der Waals surface area contributed by atoms with Gasteiger partial charge < -0.3 is 15.1 Å². The van der Waals surface area contributed by atoms with Crippen LogP contribution in [0.4, 0.5) is 0 Å². The van der Waals surface area contributed by atoms with Gasteiger partial charge in [0.1, 0.15) is 0 Å². The lowest BCUT2D eigenvalue weighted by Gasteiger charge is -2.34. The van der Waals surface area contributed by atoms with E-state index in [4.69, 9.17) is 0 Å². The van der Waals surface area contributed by atoms with E-state index in [1.807, 2.05) is 9.80 Å². The molecule has 142 valence electrons. The van der Waals surface area contributed by atoms with Crippen molar-refractivity contribution < 1.29 is 14.4 Å². The first-order chi connectivity index (χ1) is 12.1. The number of likely N-dealkylation sites (tertiary alicyclic amines) is 2. The van der Waals surface area contributed by atoms with E-state index in [1.165, 1.54) is 0 Å². The minimum Gasteiger partial charge on any atom is -0.356 e. The summed E-state index contributed by atoms with van der Waals surface area (Å²) in [5, 5.41) is 2.93. The Kier molecular flexibility index (Phi) is 7.72. The largest absolute Gasteiger partial charge is 0.356 e. The van der Waals surface area contributed by atoms with Crippen molar-refractivity contribution >= 4 is 18.2 Å². The second-order valence-corrected chi connectivity index (χ2v) is 7.45. The molecule has 2 fully saturated rings. The number of nitrogens with one attached hydrogen (secondary N) is 1. The highest BCUT2D eigenvalue weighted by atomic mass is 16.2. The van der Waals surface area contributed by atoms with Crippen LogP contribution in [-0.4, -0.2) is 59.2 Å². The lowest BCUT2D eigenvalue weighted by atomic mass is 9.97. The Labute approximate surface area is 151 Å². The van der Waals surface area contributed by atoms with Gasteiger partial charge in [0.15, 0.2) is 0 Å². The first-order valence-electron chi connectivity index (χ1n) is 9.85. The highest BCUT2D eigenvalue weighted by Gasteiger charge is 2.30. The molecule has 25 heavy (non-hydrogen) atoms. The quantitative estimate of drug-likeness (QED) is 0.647. The van der Waals surface area contributed by atoms with E-state index in [0.29, 0.717) is 12.8 Å². The molecule has 1 N–H and O–H groups in total. The second-order valence-electron chi connectivity index (χ2n) is 7.45. The molecule has 2 heterocycles. The van der Waals surface area contributed by atoms with Crippen LogP contribution >= 0.6 is 0 Å². The molecule has 2 saturated heterocycles. The van der Waals surface area contributed by atoms with E-state index < -0.39 is 0 Å². The van der Waals surface area contributed by atoms with Gasteiger partial charge in [0.05, 0.1) is 0 Å². The molecule has 6 nitrogen and oxygen atoms in total. The van der Waals surface area contributed by atoms with Crippen LogP contribution in [0.25, 0.3) is 0 Å². The van der Waals surface area contributed by atoms with Crippen molar-refractivity contribution in [2.24, 2.45) is 0 Å². The van der Waals surface area contributed by atoms with Crippen LogP contribution in [0.3, 0.4) is 0 Å². The fraction of sp³-hybridized carbons (Fsp3) is 0.842. The average Bonchev–Trinajstić information content (AvgIpc) is 2.90. The van der Waals surface area contributed by atoms with E-state index >= 15 is 0 Å². The van der Waals surface area contributed by atoms with Crippen molar-refractivity contribution in [1.82, 2.24) is 15.1 Å². The van der Waals surface area contributed by atoms with Gasteiger partial charge in [-0.05, 0) is 45.4 Å². The molecule has 0 radical (unpaired) electrons. The minimum atomic E-state index is -0.0121. The first-order valence-corrected chi connectivity index (χ1v) is 9.85. The molecule has 3 unspecified atom stereocenters. The molecule has 0 aromatic carbocycles. The molecule has 3 amide bonds. The predicted octanol–water partition coefficient (Wildman–Crippen LogP) is 2.07. The third kappa shape index (κ3) is 5.44. The van der Waals surface area contributed by atoms with Gasteiger partial charge >= 0.3 is 0 Å².